The van der Waals surface area contributed by atoms with Gasteiger partial charge in [-0.25, -0.2) is 4.39 Å². The molecule has 1 heterocycles. The lowest BCUT2D eigenvalue weighted by Crippen LogP contribution is -2.33. The Balaban J connectivity index is 1.71. The number of hydrogen-bond acceptors (Lipinski definition) is 4. The normalized spacial score (nSPS) is 17.0. The monoisotopic (exact) mass is 372 g/mol. The fourth-order valence-corrected chi connectivity index (χ4v) is 3.52. The number of aryl methyl sites for hydroxylation is 1. The average molecular weight is 372 g/mol. The van der Waals surface area contributed by atoms with Gasteiger partial charge >= 0.3 is 0 Å². The Hall–Kier alpha value is -2.60. The third-order valence-corrected chi connectivity index (χ3v) is 4.97. The molecule has 1 amide bonds. The molecule has 0 aliphatic carbocycles. The summed E-state index contributed by atoms with van der Waals surface area (Å²) in [7, 11) is 3.25. The van der Waals surface area contributed by atoms with Crippen molar-refractivity contribution in [1.82, 2.24) is 4.90 Å². The first-order chi connectivity index (χ1) is 13.0. The van der Waals surface area contributed by atoms with Crippen LogP contribution in [0.2, 0.25) is 0 Å². The Morgan fingerprint density at radius 2 is 2.04 bits per heavy atom. The number of amides is 1. The van der Waals surface area contributed by atoms with Crippen molar-refractivity contribution in [3.63, 3.8) is 0 Å². The second-order valence-electron chi connectivity index (χ2n) is 6.75. The van der Waals surface area contributed by atoms with Gasteiger partial charge in [0.2, 0.25) is 5.91 Å². The van der Waals surface area contributed by atoms with Crippen molar-refractivity contribution in [3.8, 4) is 11.5 Å². The van der Waals surface area contributed by atoms with E-state index in [0.29, 0.717) is 11.3 Å². The summed E-state index contributed by atoms with van der Waals surface area (Å²) in [5.41, 5.74) is 2.07. The number of likely N-dealkylation sites (tertiary alicyclic amines) is 1. The van der Waals surface area contributed by atoms with E-state index in [9.17, 15) is 9.18 Å². The molecule has 0 aromatic heterocycles. The number of nitrogens with one attached hydrogen (secondary N) is 1. The molecule has 1 fully saturated rings. The van der Waals surface area contributed by atoms with E-state index in [1.54, 1.807) is 33.3 Å². The smallest absolute Gasteiger partial charge is 0.238 e. The van der Waals surface area contributed by atoms with E-state index < -0.39 is 0 Å². The highest BCUT2D eigenvalue weighted by molar-refractivity contribution is 5.92. The maximum Gasteiger partial charge on any atom is 0.238 e. The molecule has 27 heavy (non-hydrogen) atoms. The van der Waals surface area contributed by atoms with Crippen LogP contribution < -0.4 is 14.8 Å². The van der Waals surface area contributed by atoms with Crippen LogP contribution in [0, 0.1) is 12.7 Å². The summed E-state index contributed by atoms with van der Waals surface area (Å²) in [5.74, 6) is 1.01. The van der Waals surface area contributed by atoms with E-state index in [1.807, 2.05) is 18.2 Å². The summed E-state index contributed by atoms with van der Waals surface area (Å²) >= 11 is 0. The molecule has 3 rings (SSSR count). The van der Waals surface area contributed by atoms with Crippen LogP contribution in [-0.4, -0.2) is 38.1 Å². The van der Waals surface area contributed by atoms with Gasteiger partial charge in [0, 0.05) is 23.4 Å². The van der Waals surface area contributed by atoms with Crippen LogP contribution in [0.3, 0.4) is 0 Å². The lowest BCUT2D eigenvalue weighted by atomic mass is 10.0. The Bertz CT molecular complexity index is 825. The first-order valence-corrected chi connectivity index (χ1v) is 9.04. The fourth-order valence-electron chi connectivity index (χ4n) is 3.52. The van der Waals surface area contributed by atoms with Crippen LogP contribution in [0.5, 0.6) is 11.5 Å². The molecule has 1 atom stereocenters. The number of hydrogen-bond donors (Lipinski definition) is 1. The molecule has 2 aromatic carbocycles. The van der Waals surface area contributed by atoms with Gasteiger partial charge in [-0.15, -0.1) is 0 Å². The lowest BCUT2D eigenvalue weighted by molar-refractivity contribution is -0.117. The van der Waals surface area contributed by atoms with Gasteiger partial charge in [0.1, 0.15) is 17.3 Å². The Kier molecular flexibility index (Phi) is 5.96. The number of nitrogens with zero attached hydrogens (tertiary/aromatic N) is 1. The standard InChI is InChI=1S/C21H25FN2O3/c1-14-6-7-15(11-18(14)22)23-21(25)13-24-10-4-5-19(24)17-9-8-16(26-2)12-20(17)27-3/h6-9,11-12,19H,4-5,10,13H2,1-3H3,(H,23,25). The number of methoxy groups -OCH3 is 2. The minimum Gasteiger partial charge on any atom is -0.497 e. The molecule has 1 unspecified atom stereocenters. The van der Waals surface area contributed by atoms with E-state index in [-0.39, 0.29) is 24.3 Å². The van der Waals surface area contributed by atoms with E-state index in [4.69, 9.17) is 9.47 Å². The van der Waals surface area contributed by atoms with Crippen molar-refractivity contribution < 1.29 is 18.7 Å². The fraction of sp³-hybridized carbons (Fsp3) is 0.381. The largest absolute Gasteiger partial charge is 0.497 e. The Labute approximate surface area is 159 Å². The van der Waals surface area contributed by atoms with Crippen molar-refractivity contribution in [2.75, 3.05) is 32.6 Å². The highest BCUT2D eigenvalue weighted by Crippen LogP contribution is 2.38. The van der Waals surface area contributed by atoms with E-state index in [0.717, 1.165) is 36.4 Å². The van der Waals surface area contributed by atoms with Crippen LogP contribution >= 0.6 is 0 Å². The Morgan fingerprint density at radius 3 is 2.74 bits per heavy atom. The van der Waals surface area contributed by atoms with Gasteiger partial charge in [0.15, 0.2) is 0 Å². The Morgan fingerprint density at radius 1 is 1.22 bits per heavy atom. The number of halogens is 1. The summed E-state index contributed by atoms with van der Waals surface area (Å²) < 4.78 is 24.5. The summed E-state index contributed by atoms with van der Waals surface area (Å²) in [6.45, 7) is 2.77. The first kappa shape index (κ1) is 19.2. The average Bonchev–Trinajstić information content (AvgIpc) is 3.11. The third-order valence-electron chi connectivity index (χ3n) is 4.97. The van der Waals surface area contributed by atoms with Crippen molar-refractivity contribution >= 4 is 11.6 Å². The van der Waals surface area contributed by atoms with Crippen LogP contribution in [0.4, 0.5) is 10.1 Å². The highest BCUT2D eigenvalue weighted by Gasteiger charge is 2.29. The van der Waals surface area contributed by atoms with Crippen LogP contribution in [-0.2, 0) is 4.79 Å². The SMILES string of the molecule is COc1ccc(C2CCCN2CC(=O)Nc2ccc(C)c(F)c2)c(OC)c1. The van der Waals surface area contributed by atoms with Crippen molar-refractivity contribution in [2.45, 2.75) is 25.8 Å². The van der Waals surface area contributed by atoms with Gasteiger partial charge in [0.05, 0.1) is 20.8 Å². The summed E-state index contributed by atoms with van der Waals surface area (Å²) in [6.07, 6.45) is 1.96. The number of anilines is 1. The summed E-state index contributed by atoms with van der Waals surface area (Å²) in [5, 5.41) is 2.78. The van der Waals surface area contributed by atoms with E-state index >= 15 is 0 Å². The number of benzene rings is 2. The van der Waals surface area contributed by atoms with Crippen molar-refractivity contribution in [1.29, 1.82) is 0 Å². The molecule has 144 valence electrons. The van der Waals surface area contributed by atoms with Gasteiger partial charge in [-0.2, -0.15) is 0 Å². The predicted octanol–water partition coefficient (Wildman–Crippen LogP) is 3.93. The molecule has 6 heteroatoms. The van der Waals surface area contributed by atoms with Gasteiger partial charge in [-0.1, -0.05) is 12.1 Å². The molecule has 0 radical (unpaired) electrons. The maximum atomic E-state index is 13.7. The quantitative estimate of drug-likeness (QED) is 0.835. The lowest BCUT2D eigenvalue weighted by Gasteiger charge is -2.26. The molecule has 1 N–H and O–H groups in total. The van der Waals surface area contributed by atoms with Crippen LogP contribution in [0.1, 0.15) is 30.0 Å². The zero-order valence-corrected chi connectivity index (χ0v) is 15.9. The molecule has 5 nitrogen and oxygen atoms in total. The maximum absolute atomic E-state index is 13.7. The molecule has 0 saturated carbocycles. The van der Waals surface area contributed by atoms with Crippen molar-refractivity contribution in [3.05, 3.63) is 53.3 Å². The van der Waals surface area contributed by atoms with Crippen LogP contribution in [0.25, 0.3) is 0 Å². The molecule has 1 aliphatic heterocycles. The first-order valence-electron chi connectivity index (χ1n) is 9.04. The minimum absolute atomic E-state index is 0.103. The second kappa shape index (κ2) is 8.39. The molecular weight excluding hydrogens is 347 g/mol. The highest BCUT2D eigenvalue weighted by atomic mass is 19.1. The molecule has 1 aliphatic rings. The number of carbonyl (C=O) groups excluding carboxylic acids is 1. The van der Waals surface area contributed by atoms with Crippen LogP contribution in [0.15, 0.2) is 36.4 Å². The van der Waals surface area contributed by atoms with Gasteiger partial charge in [-0.3, -0.25) is 9.69 Å². The van der Waals surface area contributed by atoms with Gasteiger partial charge in [0.25, 0.3) is 0 Å². The van der Waals surface area contributed by atoms with Gasteiger partial charge in [-0.05, 0) is 50.1 Å². The van der Waals surface area contributed by atoms with E-state index in [2.05, 4.69) is 10.2 Å². The molecule has 2 aromatic rings. The minimum atomic E-state index is -0.324. The second-order valence-corrected chi connectivity index (χ2v) is 6.75. The molecule has 0 spiro atoms. The number of rotatable bonds is 6. The van der Waals surface area contributed by atoms with Gasteiger partial charge < -0.3 is 14.8 Å². The predicted molar refractivity (Wildman–Crippen MR) is 103 cm³/mol. The number of ether oxygens (including phenoxy) is 2. The molecule has 1 saturated heterocycles. The number of carbonyl (C=O) groups is 1. The zero-order chi connectivity index (χ0) is 19.4. The van der Waals surface area contributed by atoms with E-state index in [1.165, 1.54) is 6.07 Å². The molecular formula is C21H25FN2O3. The van der Waals surface area contributed by atoms with Crippen molar-refractivity contribution in [2.24, 2.45) is 0 Å². The third kappa shape index (κ3) is 4.39. The summed E-state index contributed by atoms with van der Waals surface area (Å²) in [4.78, 5) is 14.6. The zero-order valence-electron chi connectivity index (χ0n) is 15.9. The summed E-state index contributed by atoms with van der Waals surface area (Å²) in [6, 6.07) is 10.6. The topological polar surface area (TPSA) is 50.8 Å². The molecule has 0 bridgehead atoms.